The van der Waals surface area contributed by atoms with Gasteiger partial charge in [0.15, 0.2) is 0 Å². The Hall–Kier alpha value is -1.60. The summed E-state index contributed by atoms with van der Waals surface area (Å²) >= 11 is 0. The number of aromatic nitrogens is 1. The van der Waals surface area contributed by atoms with E-state index in [4.69, 9.17) is 15.8 Å². The van der Waals surface area contributed by atoms with Crippen LogP contribution in [0.4, 0.5) is 4.39 Å². The molecule has 2 aromatic rings. The molecule has 8 heteroatoms. The second-order valence-electron chi connectivity index (χ2n) is 3.30. The highest BCUT2D eigenvalue weighted by molar-refractivity contribution is 8.13. The van der Waals surface area contributed by atoms with Crippen LogP contribution >= 0.6 is 10.7 Å². The van der Waals surface area contributed by atoms with Crippen LogP contribution in [0, 0.1) is 5.82 Å². The van der Waals surface area contributed by atoms with Gasteiger partial charge in [0.05, 0.1) is 0 Å². The van der Waals surface area contributed by atoms with Crippen molar-refractivity contribution in [2.24, 2.45) is 0 Å². The minimum Gasteiger partial charge on any atom is -0.477 e. The monoisotopic (exact) mass is 277 g/mol. The lowest BCUT2D eigenvalue weighted by Crippen LogP contribution is -1.95. The molecule has 0 bridgehead atoms. The molecule has 1 heterocycles. The van der Waals surface area contributed by atoms with E-state index >= 15 is 0 Å². The first-order valence-electron chi connectivity index (χ1n) is 4.29. The van der Waals surface area contributed by atoms with Crippen LogP contribution in [0.25, 0.3) is 10.9 Å². The van der Waals surface area contributed by atoms with Crippen molar-refractivity contribution >= 4 is 36.6 Å². The highest BCUT2D eigenvalue weighted by Crippen LogP contribution is 2.25. The number of rotatable bonds is 2. The van der Waals surface area contributed by atoms with Crippen molar-refractivity contribution in [1.29, 1.82) is 0 Å². The van der Waals surface area contributed by atoms with Crippen LogP contribution in [0.15, 0.2) is 23.1 Å². The average molecular weight is 278 g/mol. The van der Waals surface area contributed by atoms with E-state index in [1.54, 1.807) is 0 Å². The molecule has 0 aliphatic rings. The third-order valence-electron chi connectivity index (χ3n) is 2.17. The van der Waals surface area contributed by atoms with Gasteiger partial charge in [-0.05, 0) is 18.2 Å². The molecule has 1 aromatic carbocycles. The minimum absolute atomic E-state index is 0.163. The number of hydrogen-bond donors (Lipinski definition) is 2. The molecule has 0 aliphatic carbocycles. The Balaban J connectivity index is 2.77. The summed E-state index contributed by atoms with van der Waals surface area (Å²) in [5.41, 5.74) is 0.0208. The van der Waals surface area contributed by atoms with Crippen LogP contribution in [0.1, 0.15) is 10.5 Å². The Morgan fingerprint density at radius 2 is 2.00 bits per heavy atom. The molecule has 0 spiro atoms. The van der Waals surface area contributed by atoms with Crippen LogP contribution in [-0.2, 0) is 9.05 Å². The summed E-state index contributed by atoms with van der Waals surface area (Å²) in [5, 5.41) is 8.97. The Morgan fingerprint density at radius 3 is 2.53 bits per heavy atom. The maximum Gasteiger partial charge on any atom is 0.352 e. The van der Waals surface area contributed by atoms with Crippen molar-refractivity contribution in [2.75, 3.05) is 0 Å². The highest BCUT2D eigenvalue weighted by atomic mass is 35.7. The van der Waals surface area contributed by atoms with E-state index in [1.165, 1.54) is 6.07 Å². The van der Waals surface area contributed by atoms with Gasteiger partial charge >= 0.3 is 5.97 Å². The second kappa shape index (κ2) is 3.71. The molecule has 0 amide bonds. The lowest BCUT2D eigenvalue weighted by molar-refractivity contribution is 0.0691. The zero-order valence-corrected chi connectivity index (χ0v) is 9.64. The first kappa shape index (κ1) is 11.9. The number of carboxylic acid groups (broad SMARTS) is 1. The number of fused-ring (bicyclic) bond motifs is 1. The largest absolute Gasteiger partial charge is 0.477 e. The van der Waals surface area contributed by atoms with E-state index in [0.717, 1.165) is 12.1 Å². The summed E-state index contributed by atoms with van der Waals surface area (Å²) in [6, 6.07) is 3.07. The van der Waals surface area contributed by atoms with Crippen LogP contribution in [0.3, 0.4) is 0 Å². The Labute approximate surface area is 99.2 Å². The van der Waals surface area contributed by atoms with Gasteiger partial charge in [0.2, 0.25) is 0 Å². The van der Waals surface area contributed by atoms with Crippen LogP contribution in [-0.4, -0.2) is 24.5 Å². The molecule has 2 rings (SSSR count). The summed E-state index contributed by atoms with van der Waals surface area (Å²) in [5.74, 6) is -2.26. The molecule has 5 nitrogen and oxygen atoms in total. The smallest absolute Gasteiger partial charge is 0.352 e. The Kier molecular flexibility index (Phi) is 2.59. The standard InChI is InChI=1S/C9H5ClFNO4S/c10-17(15,16)8-2-4-1-7(9(13)14)12-6(4)3-5(8)11/h1-3,12H,(H,13,14). The third-order valence-corrected chi connectivity index (χ3v) is 3.50. The van der Waals surface area contributed by atoms with E-state index in [9.17, 15) is 17.6 Å². The minimum atomic E-state index is -4.20. The van der Waals surface area contributed by atoms with Gasteiger partial charge in [0.25, 0.3) is 9.05 Å². The van der Waals surface area contributed by atoms with Crippen LogP contribution in [0.5, 0.6) is 0 Å². The predicted molar refractivity (Wildman–Crippen MR) is 58.3 cm³/mol. The molecule has 0 saturated carbocycles. The van der Waals surface area contributed by atoms with E-state index in [1.807, 2.05) is 0 Å². The second-order valence-corrected chi connectivity index (χ2v) is 5.83. The third kappa shape index (κ3) is 2.11. The van der Waals surface area contributed by atoms with Crippen molar-refractivity contribution in [3.8, 4) is 0 Å². The van der Waals surface area contributed by atoms with Gasteiger partial charge in [-0.3, -0.25) is 0 Å². The van der Waals surface area contributed by atoms with Gasteiger partial charge in [-0.1, -0.05) is 0 Å². The topological polar surface area (TPSA) is 87.2 Å². The number of benzene rings is 1. The van der Waals surface area contributed by atoms with E-state index in [2.05, 4.69) is 4.98 Å². The van der Waals surface area contributed by atoms with Gasteiger partial charge in [0.1, 0.15) is 16.4 Å². The first-order chi connectivity index (χ1) is 7.79. The zero-order valence-electron chi connectivity index (χ0n) is 8.07. The van der Waals surface area contributed by atoms with Crippen molar-refractivity contribution in [2.45, 2.75) is 4.90 Å². The molecule has 2 N–H and O–H groups in total. The lowest BCUT2D eigenvalue weighted by Gasteiger charge is -1.98. The van der Waals surface area contributed by atoms with Gasteiger partial charge < -0.3 is 10.1 Å². The van der Waals surface area contributed by atoms with Crippen LogP contribution in [0.2, 0.25) is 0 Å². The lowest BCUT2D eigenvalue weighted by atomic mass is 10.2. The fourth-order valence-electron chi connectivity index (χ4n) is 1.44. The number of aromatic carboxylic acids is 1. The molecule has 0 radical (unpaired) electrons. The number of nitrogens with one attached hydrogen (secondary N) is 1. The van der Waals surface area contributed by atoms with E-state index in [0.29, 0.717) is 0 Å². The molecule has 17 heavy (non-hydrogen) atoms. The fraction of sp³-hybridized carbons (Fsp3) is 0. The number of carbonyl (C=O) groups is 1. The number of carboxylic acids is 1. The van der Waals surface area contributed by atoms with Crippen LogP contribution < -0.4 is 0 Å². The predicted octanol–water partition coefficient (Wildman–Crippen LogP) is 1.93. The van der Waals surface area contributed by atoms with Crippen molar-refractivity contribution < 1.29 is 22.7 Å². The maximum absolute atomic E-state index is 13.4. The van der Waals surface area contributed by atoms with Crippen molar-refractivity contribution in [1.82, 2.24) is 4.98 Å². The molecular weight excluding hydrogens is 273 g/mol. The van der Waals surface area contributed by atoms with Gasteiger partial charge in [-0.15, -0.1) is 0 Å². The van der Waals surface area contributed by atoms with Gasteiger partial charge in [-0.25, -0.2) is 17.6 Å². The normalized spacial score (nSPS) is 11.9. The number of aromatic amines is 1. The number of hydrogen-bond acceptors (Lipinski definition) is 3. The highest BCUT2D eigenvalue weighted by Gasteiger charge is 2.18. The Bertz CT molecular complexity index is 722. The summed E-state index contributed by atoms with van der Waals surface area (Å²) in [6.45, 7) is 0. The molecule has 0 unspecified atom stereocenters. The summed E-state index contributed by atoms with van der Waals surface area (Å²) in [7, 11) is 0.839. The van der Waals surface area contributed by atoms with Gasteiger partial charge in [-0.2, -0.15) is 0 Å². The Morgan fingerprint density at radius 1 is 1.35 bits per heavy atom. The first-order valence-corrected chi connectivity index (χ1v) is 6.60. The molecule has 0 aliphatic heterocycles. The summed E-state index contributed by atoms with van der Waals surface area (Å²) in [6.07, 6.45) is 0. The number of halogens is 2. The van der Waals surface area contributed by atoms with E-state index < -0.39 is 25.7 Å². The van der Waals surface area contributed by atoms with Crippen molar-refractivity contribution in [3.05, 3.63) is 29.7 Å². The van der Waals surface area contributed by atoms with Crippen molar-refractivity contribution in [3.63, 3.8) is 0 Å². The molecular formula is C9H5ClFNO4S. The van der Waals surface area contributed by atoms with E-state index in [-0.39, 0.29) is 16.6 Å². The quantitative estimate of drug-likeness (QED) is 0.821. The SMILES string of the molecule is O=C(O)c1cc2cc(S(=O)(=O)Cl)c(F)cc2[nH]1. The molecule has 0 atom stereocenters. The summed E-state index contributed by atoms with van der Waals surface area (Å²) < 4.78 is 35.5. The van der Waals surface area contributed by atoms with Gasteiger partial charge in [0, 0.05) is 21.6 Å². The fourth-order valence-corrected chi connectivity index (χ4v) is 2.35. The molecule has 0 saturated heterocycles. The molecule has 1 aromatic heterocycles. The number of H-pyrrole nitrogens is 1. The average Bonchev–Trinajstić information content (AvgIpc) is 2.57. The molecule has 0 fully saturated rings. The zero-order chi connectivity index (χ0) is 12.8. The summed E-state index contributed by atoms with van der Waals surface area (Å²) in [4.78, 5) is 12.4. The molecule has 90 valence electrons. The maximum atomic E-state index is 13.4.